The molecule has 0 saturated carbocycles. The van der Waals surface area contributed by atoms with E-state index in [2.05, 4.69) is 17.2 Å². The Morgan fingerprint density at radius 3 is 3.19 bits per heavy atom. The van der Waals surface area contributed by atoms with Gasteiger partial charge in [0.1, 0.15) is 5.76 Å². The van der Waals surface area contributed by atoms with Crippen LogP contribution in [0, 0.1) is 0 Å². The molecule has 1 fully saturated rings. The summed E-state index contributed by atoms with van der Waals surface area (Å²) in [6.45, 7) is 3.93. The summed E-state index contributed by atoms with van der Waals surface area (Å²) in [4.78, 5) is 13.7. The number of rotatable bonds is 3. The summed E-state index contributed by atoms with van der Waals surface area (Å²) in [5.74, 6) is 5.51. The van der Waals surface area contributed by atoms with Crippen molar-refractivity contribution in [2.24, 2.45) is 5.84 Å². The van der Waals surface area contributed by atoms with E-state index in [1.807, 2.05) is 0 Å². The maximum absolute atomic E-state index is 11.4. The lowest BCUT2D eigenvalue weighted by Gasteiger charge is -2.19. The van der Waals surface area contributed by atoms with Gasteiger partial charge in [-0.25, -0.2) is 5.84 Å². The first-order chi connectivity index (χ1) is 7.72. The molecule has 16 heavy (non-hydrogen) atoms. The summed E-state index contributed by atoms with van der Waals surface area (Å²) in [7, 11) is 0. The van der Waals surface area contributed by atoms with Crippen molar-refractivity contribution < 1.29 is 9.21 Å². The zero-order chi connectivity index (χ0) is 11.5. The van der Waals surface area contributed by atoms with Gasteiger partial charge in [-0.05, 0) is 32.4 Å². The normalized spacial score (nSPS) is 21.2. The van der Waals surface area contributed by atoms with Gasteiger partial charge in [0.25, 0.3) is 5.91 Å². The molecule has 0 spiro atoms. The van der Waals surface area contributed by atoms with Crippen LogP contribution in [0.2, 0.25) is 0 Å². The molecule has 1 aliphatic heterocycles. The second-order valence-corrected chi connectivity index (χ2v) is 4.19. The minimum atomic E-state index is -0.296. The van der Waals surface area contributed by atoms with E-state index in [0.29, 0.717) is 23.9 Å². The smallest absolute Gasteiger partial charge is 0.268 e. The van der Waals surface area contributed by atoms with Gasteiger partial charge < -0.3 is 4.42 Å². The van der Waals surface area contributed by atoms with Crippen molar-refractivity contribution in [2.75, 3.05) is 6.54 Å². The van der Waals surface area contributed by atoms with E-state index in [4.69, 9.17) is 10.3 Å². The predicted molar refractivity (Wildman–Crippen MR) is 59.5 cm³/mol. The molecule has 2 heterocycles. The van der Waals surface area contributed by atoms with E-state index in [-0.39, 0.29) is 5.91 Å². The SMILES string of the molecule is CC1CCCN1Cc1occc1C(=O)NN. The molecule has 3 N–H and O–H groups in total. The van der Waals surface area contributed by atoms with Crippen molar-refractivity contribution in [2.45, 2.75) is 32.4 Å². The van der Waals surface area contributed by atoms with Gasteiger partial charge in [0.15, 0.2) is 0 Å². The number of furan rings is 1. The molecular formula is C11H17N3O2. The Hall–Kier alpha value is -1.33. The molecule has 1 aromatic rings. The highest BCUT2D eigenvalue weighted by Gasteiger charge is 2.23. The highest BCUT2D eigenvalue weighted by Crippen LogP contribution is 2.21. The van der Waals surface area contributed by atoms with Crippen molar-refractivity contribution in [3.05, 3.63) is 23.7 Å². The topological polar surface area (TPSA) is 71.5 Å². The molecule has 1 aliphatic rings. The van der Waals surface area contributed by atoms with Crippen LogP contribution in [-0.4, -0.2) is 23.4 Å². The van der Waals surface area contributed by atoms with Gasteiger partial charge in [-0.15, -0.1) is 0 Å². The summed E-state index contributed by atoms with van der Waals surface area (Å²) in [6, 6.07) is 2.21. The van der Waals surface area contributed by atoms with Crippen LogP contribution in [0.1, 0.15) is 35.9 Å². The molecule has 0 aliphatic carbocycles. The van der Waals surface area contributed by atoms with Crippen molar-refractivity contribution in [3.63, 3.8) is 0 Å². The highest BCUT2D eigenvalue weighted by molar-refractivity contribution is 5.94. The Kier molecular flexibility index (Phi) is 3.26. The molecule has 0 radical (unpaired) electrons. The number of amides is 1. The second-order valence-electron chi connectivity index (χ2n) is 4.19. The monoisotopic (exact) mass is 223 g/mol. The minimum absolute atomic E-state index is 0.296. The summed E-state index contributed by atoms with van der Waals surface area (Å²) >= 11 is 0. The van der Waals surface area contributed by atoms with E-state index in [0.717, 1.165) is 6.54 Å². The molecule has 88 valence electrons. The Balaban J connectivity index is 2.09. The number of nitrogens with zero attached hydrogens (tertiary/aromatic N) is 1. The fraction of sp³-hybridized carbons (Fsp3) is 0.545. The molecule has 1 saturated heterocycles. The van der Waals surface area contributed by atoms with Crippen LogP contribution in [0.5, 0.6) is 0 Å². The van der Waals surface area contributed by atoms with E-state index >= 15 is 0 Å². The molecule has 0 aromatic carbocycles. The average Bonchev–Trinajstić information content (AvgIpc) is 2.88. The molecule has 1 amide bonds. The van der Waals surface area contributed by atoms with Crippen LogP contribution in [0.4, 0.5) is 0 Å². The number of nitrogens with one attached hydrogen (secondary N) is 1. The lowest BCUT2D eigenvalue weighted by Crippen LogP contribution is -2.32. The summed E-state index contributed by atoms with van der Waals surface area (Å²) < 4.78 is 5.34. The zero-order valence-electron chi connectivity index (χ0n) is 9.40. The number of carbonyl (C=O) groups excluding carboxylic acids is 1. The van der Waals surface area contributed by atoms with Crippen LogP contribution in [0.3, 0.4) is 0 Å². The number of carbonyl (C=O) groups is 1. The number of nitrogen functional groups attached to an aromatic ring is 1. The Morgan fingerprint density at radius 1 is 1.75 bits per heavy atom. The fourth-order valence-electron chi connectivity index (χ4n) is 2.16. The molecule has 1 atom stereocenters. The Bertz CT molecular complexity index is 375. The van der Waals surface area contributed by atoms with Gasteiger partial charge in [-0.2, -0.15) is 0 Å². The third kappa shape index (κ3) is 2.10. The molecule has 5 nitrogen and oxygen atoms in total. The van der Waals surface area contributed by atoms with Gasteiger partial charge in [0.2, 0.25) is 0 Å². The van der Waals surface area contributed by atoms with E-state index in [9.17, 15) is 4.79 Å². The largest absolute Gasteiger partial charge is 0.467 e. The van der Waals surface area contributed by atoms with E-state index < -0.39 is 0 Å². The number of likely N-dealkylation sites (tertiary alicyclic amines) is 1. The standard InChI is InChI=1S/C11H17N3O2/c1-8-3-2-5-14(8)7-10-9(4-6-16-10)11(15)13-12/h4,6,8H,2-3,5,7,12H2,1H3,(H,13,15). The summed E-state index contributed by atoms with van der Waals surface area (Å²) in [6.07, 6.45) is 3.94. The number of hydrazine groups is 1. The summed E-state index contributed by atoms with van der Waals surface area (Å²) in [5.41, 5.74) is 2.66. The fourth-order valence-corrected chi connectivity index (χ4v) is 2.16. The first kappa shape index (κ1) is 11.2. The molecular weight excluding hydrogens is 206 g/mol. The lowest BCUT2D eigenvalue weighted by molar-refractivity contribution is 0.0949. The van der Waals surface area contributed by atoms with Crippen molar-refractivity contribution in [1.29, 1.82) is 0 Å². The van der Waals surface area contributed by atoms with Crippen LogP contribution >= 0.6 is 0 Å². The van der Waals surface area contributed by atoms with Crippen LogP contribution < -0.4 is 11.3 Å². The third-order valence-electron chi connectivity index (χ3n) is 3.16. The molecule has 0 bridgehead atoms. The van der Waals surface area contributed by atoms with E-state index in [1.54, 1.807) is 6.07 Å². The van der Waals surface area contributed by atoms with Crippen LogP contribution in [0.15, 0.2) is 16.7 Å². The van der Waals surface area contributed by atoms with Crippen LogP contribution in [0.25, 0.3) is 0 Å². The summed E-state index contributed by atoms with van der Waals surface area (Å²) in [5, 5.41) is 0. The molecule has 1 unspecified atom stereocenters. The number of hydrogen-bond acceptors (Lipinski definition) is 4. The average molecular weight is 223 g/mol. The van der Waals surface area contributed by atoms with E-state index in [1.165, 1.54) is 19.1 Å². The van der Waals surface area contributed by atoms with Gasteiger partial charge >= 0.3 is 0 Å². The first-order valence-electron chi connectivity index (χ1n) is 5.53. The zero-order valence-corrected chi connectivity index (χ0v) is 9.40. The molecule has 1 aromatic heterocycles. The van der Waals surface area contributed by atoms with Gasteiger partial charge in [0, 0.05) is 6.04 Å². The first-order valence-corrected chi connectivity index (χ1v) is 5.53. The van der Waals surface area contributed by atoms with Gasteiger partial charge in [-0.1, -0.05) is 0 Å². The van der Waals surface area contributed by atoms with Crippen molar-refractivity contribution in [3.8, 4) is 0 Å². The van der Waals surface area contributed by atoms with Crippen LogP contribution in [-0.2, 0) is 6.54 Å². The maximum atomic E-state index is 11.4. The number of hydrogen-bond donors (Lipinski definition) is 2. The highest BCUT2D eigenvalue weighted by atomic mass is 16.3. The predicted octanol–water partition coefficient (Wildman–Crippen LogP) is 0.867. The van der Waals surface area contributed by atoms with Crippen molar-refractivity contribution >= 4 is 5.91 Å². The lowest BCUT2D eigenvalue weighted by atomic mass is 10.2. The molecule has 2 rings (SSSR count). The van der Waals surface area contributed by atoms with Crippen molar-refractivity contribution in [1.82, 2.24) is 10.3 Å². The second kappa shape index (κ2) is 4.67. The quantitative estimate of drug-likeness (QED) is 0.453. The van der Waals surface area contributed by atoms with Gasteiger partial charge in [-0.3, -0.25) is 15.1 Å². The maximum Gasteiger partial charge on any atom is 0.268 e. The third-order valence-corrected chi connectivity index (χ3v) is 3.16. The van der Waals surface area contributed by atoms with Gasteiger partial charge in [0.05, 0.1) is 18.4 Å². The Labute approximate surface area is 94.6 Å². The number of nitrogens with two attached hydrogens (primary N) is 1. The Morgan fingerprint density at radius 2 is 2.56 bits per heavy atom. The molecule has 5 heteroatoms. The minimum Gasteiger partial charge on any atom is -0.467 e.